The minimum atomic E-state index is 0.387. The molecule has 2 nitrogen and oxygen atoms in total. The number of ether oxygens (including phenoxy) is 1. The summed E-state index contributed by atoms with van der Waals surface area (Å²) in [5, 5.41) is 9.16. The fourth-order valence-corrected chi connectivity index (χ4v) is 2.04. The van der Waals surface area contributed by atoms with E-state index in [2.05, 4.69) is 12.1 Å². The fourth-order valence-electron chi connectivity index (χ4n) is 1.87. The summed E-state index contributed by atoms with van der Waals surface area (Å²) in [6.07, 6.45) is 0. The summed E-state index contributed by atoms with van der Waals surface area (Å²) in [7, 11) is 0. The van der Waals surface area contributed by atoms with Crippen molar-refractivity contribution in [3.63, 3.8) is 0 Å². The van der Waals surface area contributed by atoms with E-state index in [0.29, 0.717) is 17.2 Å². The molecule has 96 valence electrons. The number of rotatable bonds is 3. The molecular weight excluding hydrogens is 258 g/mol. The number of benzene rings is 2. The number of hydrogen-bond acceptors (Lipinski definition) is 2. The molecule has 0 bridgehead atoms. The summed E-state index contributed by atoms with van der Waals surface area (Å²) in [4.78, 5) is 0. The lowest BCUT2D eigenvalue weighted by Crippen LogP contribution is -1.92. The third-order valence-corrected chi connectivity index (χ3v) is 3.18. The quantitative estimate of drug-likeness (QED) is 0.758. The van der Waals surface area contributed by atoms with Crippen molar-refractivity contribution in [3.8, 4) is 17.6 Å². The monoisotopic (exact) mass is 271 g/mol. The van der Waals surface area contributed by atoms with Crippen molar-refractivity contribution in [1.29, 1.82) is 5.26 Å². The first kappa shape index (κ1) is 13.5. The van der Waals surface area contributed by atoms with Crippen LogP contribution in [0.3, 0.4) is 0 Å². The van der Waals surface area contributed by atoms with Crippen LogP contribution in [0, 0.1) is 25.2 Å². The minimum Gasteiger partial charge on any atom is -0.456 e. The van der Waals surface area contributed by atoms with E-state index in [-0.39, 0.29) is 0 Å². The van der Waals surface area contributed by atoms with Gasteiger partial charge < -0.3 is 4.74 Å². The van der Waals surface area contributed by atoms with Gasteiger partial charge in [-0.05, 0) is 43.2 Å². The molecule has 0 heterocycles. The van der Waals surface area contributed by atoms with Crippen molar-refractivity contribution in [2.75, 3.05) is 0 Å². The highest BCUT2D eigenvalue weighted by Crippen LogP contribution is 2.29. The Hall–Kier alpha value is -1.98. The lowest BCUT2D eigenvalue weighted by molar-refractivity contribution is 0.477. The number of alkyl halides is 1. The lowest BCUT2D eigenvalue weighted by atomic mass is 10.1. The second-order valence-electron chi connectivity index (χ2n) is 4.45. The predicted molar refractivity (Wildman–Crippen MR) is 76.7 cm³/mol. The van der Waals surface area contributed by atoms with Gasteiger partial charge in [0, 0.05) is 5.88 Å². The standard InChI is InChI=1S/C16H14ClNO/c1-11-3-5-15(12(2)7-11)19-16-6-4-13(9-17)8-14(16)10-18/h3-8H,9H2,1-2H3. The first-order chi connectivity index (χ1) is 9.13. The first-order valence-corrected chi connectivity index (χ1v) is 6.51. The Morgan fingerprint density at radius 2 is 1.84 bits per heavy atom. The van der Waals surface area contributed by atoms with Crippen molar-refractivity contribution in [2.45, 2.75) is 19.7 Å². The maximum Gasteiger partial charge on any atom is 0.145 e. The van der Waals surface area contributed by atoms with Gasteiger partial charge in [0.25, 0.3) is 0 Å². The van der Waals surface area contributed by atoms with Crippen LogP contribution in [0.5, 0.6) is 11.5 Å². The van der Waals surface area contributed by atoms with Crippen molar-refractivity contribution in [3.05, 3.63) is 58.7 Å². The number of nitrogens with zero attached hydrogens (tertiary/aromatic N) is 1. The van der Waals surface area contributed by atoms with Gasteiger partial charge in [0.05, 0.1) is 5.56 Å². The molecule has 3 heteroatoms. The van der Waals surface area contributed by atoms with Gasteiger partial charge in [0.2, 0.25) is 0 Å². The molecule has 19 heavy (non-hydrogen) atoms. The zero-order chi connectivity index (χ0) is 13.8. The molecule has 0 radical (unpaired) electrons. The van der Waals surface area contributed by atoms with Crippen LogP contribution < -0.4 is 4.74 Å². The predicted octanol–water partition coefficient (Wildman–Crippen LogP) is 4.71. The second-order valence-corrected chi connectivity index (χ2v) is 4.71. The summed E-state index contributed by atoms with van der Waals surface area (Å²) >= 11 is 5.76. The zero-order valence-corrected chi connectivity index (χ0v) is 11.7. The maximum absolute atomic E-state index is 9.16. The summed E-state index contributed by atoms with van der Waals surface area (Å²) in [6, 6.07) is 13.5. The molecule has 0 N–H and O–H groups in total. The molecule has 0 aliphatic carbocycles. The summed E-state index contributed by atoms with van der Waals surface area (Å²) < 4.78 is 5.82. The molecule has 0 aliphatic heterocycles. The summed E-state index contributed by atoms with van der Waals surface area (Å²) in [6.45, 7) is 4.02. The Morgan fingerprint density at radius 3 is 2.47 bits per heavy atom. The average molecular weight is 272 g/mol. The van der Waals surface area contributed by atoms with Crippen molar-refractivity contribution in [2.24, 2.45) is 0 Å². The number of halogens is 1. The van der Waals surface area contributed by atoms with E-state index < -0.39 is 0 Å². The molecule has 0 atom stereocenters. The number of nitriles is 1. The Balaban J connectivity index is 2.35. The molecule has 0 fully saturated rings. The van der Waals surface area contributed by atoms with Crippen LogP contribution >= 0.6 is 11.6 Å². The first-order valence-electron chi connectivity index (χ1n) is 5.98. The van der Waals surface area contributed by atoms with E-state index in [1.807, 2.05) is 32.0 Å². The third kappa shape index (κ3) is 3.07. The van der Waals surface area contributed by atoms with E-state index in [0.717, 1.165) is 16.9 Å². The number of hydrogen-bond donors (Lipinski definition) is 0. The largest absolute Gasteiger partial charge is 0.456 e. The van der Waals surface area contributed by atoms with Crippen LogP contribution in [-0.2, 0) is 5.88 Å². The van der Waals surface area contributed by atoms with Crippen molar-refractivity contribution >= 4 is 11.6 Å². The Kier molecular flexibility index (Phi) is 4.09. The van der Waals surface area contributed by atoms with Crippen LogP contribution in [-0.4, -0.2) is 0 Å². The van der Waals surface area contributed by atoms with Gasteiger partial charge >= 0.3 is 0 Å². The van der Waals surface area contributed by atoms with Gasteiger partial charge in [-0.15, -0.1) is 11.6 Å². The Labute approximate surface area is 118 Å². The van der Waals surface area contributed by atoms with E-state index in [4.69, 9.17) is 21.6 Å². The molecule has 0 aromatic heterocycles. The summed E-state index contributed by atoms with van der Waals surface area (Å²) in [5.41, 5.74) is 3.64. The van der Waals surface area contributed by atoms with Gasteiger partial charge in [-0.3, -0.25) is 0 Å². The van der Waals surface area contributed by atoms with Crippen molar-refractivity contribution in [1.82, 2.24) is 0 Å². The normalized spacial score (nSPS) is 10.0. The minimum absolute atomic E-state index is 0.387. The van der Waals surface area contributed by atoms with Gasteiger partial charge in [-0.25, -0.2) is 0 Å². The SMILES string of the molecule is Cc1ccc(Oc2ccc(CCl)cc2C#N)c(C)c1. The number of aryl methyl sites for hydroxylation is 2. The van der Waals surface area contributed by atoms with Gasteiger partial charge in [0.1, 0.15) is 17.6 Å². The molecule has 0 spiro atoms. The van der Waals surface area contributed by atoms with E-state index in [9.17, 15) is 0 Å². The average Bonchev–Trinajstić information content (AvgIpc) is 2.42. The van der Waals surface area contributed by atoms with Crippen LogP contribution in [0.2, 0.25) is 0 Å². The maximum atomic E-state index is 9.16. The molecule has 0 aliphatic rings. The molecule has 2 aromatic carbocycles. The van der Waals surface area contributed by atoms with E-state index in [1.54, 1.807) is 12.1 Å². The van der Waals surface area contributed by atoms with Crippen LogP contribution in [0.25, 0.3) is 0 Å². The molecule has 0 unspecified atom stereocenters. The van der Waals surface area contributed by atoms with Crippen LogP contribution in [0.1, 0.15) is 22.3 Å². The topological polar surface area (TPSA) is 33.0 Å². The van der Waals surface area contributed by atoms with E-state index in [1.165, 1.54) is 5.56 Å². The highest BCUT2D eigenvalue weighted by atomic mass is 35.5. The van der Waals surface area contributed by atoms with Gasteiger partial charge in [0.15, 0.2) is 0 Å². The molecule has 0 saturated carbocycles. The van der Waals surface area contributed by atoms with Crippen LogP contribution in [0.4, 0.5) is 0 Å². The Morgan fingerprint density at radius 1 is 1.11 bits per heavy atom. The van der Waals surface area contributed by atoms with Gasteiger partial charge in [-0.1, -0.05) is 23.8 Å². The molecule has 0 amide bonds. The lowest BCUT2D eigenvalue weighted by Gasteiger charge is -2.11. The van der Waals surface area contributed by atoms with Crippen LogP contribution in [0.15, 0.2) is 36.4 Å². The highest BCUT2D eigenvalue weighted by Gasteiger charge is 2.07. The second kappa shape index (κ2) is 5.77. The highest BCUT2D eigenvalue weighted by molar-refractivity contribution is 6.17. The smallest absolute Gasteiger partial charge is 0.145 e. The Bertz CT molecular complexity index is 644. The zero-order valence-electron chi connectivity index (χ0n) is 10.9. The summed E-state index contributed by atoms with van der Waals surface area (Å²) in [5.74, 6) is 1.71. The third-order valence-electron chi connectivity index (χ3n) is 2.87. The van der Waals surface area contributed by atoms with Crippen molar-refractivity contribution < 1.29 is 4.74 Å². The molecule has 2 rings (SSSR count). The molecule has 0 saturated heterocycles. The fraction of sp³-hybridized carbons (Fsp3) is 0.188. The van der Waals surface area contributed by atoms with E-state index >= 15 is 0 Å². The molecular formula is C16H14ClNO. The van der Waals surface area contributed by atoms with Gasteiger partial charge in [-0.2, -0.15) is 5.26 Å². The molecule has 2 aromatic rings.